The number of hydrogen-bond acceptors (Lipinski definition) is 4. The highest BCUT2D eigenvalue weighted by atomic mass is 16.8. The van der Waals surface area contributed by atoms with Crippen molar-refractivity contribution in [2.75, 3.05) is 5.06 Å². The van der Waals surface area contributed by atoms with E-state index in [-0.39, 0.29) is 17.9 Å². The highest BCUT2D eigenvalue weighted by molar-refractivity contribution is 5.46. The molecule has 1 saturated heterocycles. The molecule has 4 nitrogen and oxygen atoms in total. The molecule has 1 aliphatic rings. The zero-order chi connectivity index (χ0) is 15.6. The molecular formula is C18H22N2O2. The van der Waals surface area contributed by atoms with Crippen molar-refractivity contribution >= 4 is 5.69 Å². The Morgan fingerprint density at radius 3 is 2.55 bits per heavy atom. The number of para-hydroxylation sites is 1. The monoisotopic (exact) mass is 298 g/mol. The van der Waals surface area contributed by atoms with Crippen LogP contribution in [0.5, 0.6) is 0 Å². The molecule has 2 atom stereocenters. The summed E-state index contributed by atoms with van der Waals surface area (Å²) in [6, 6.07) is 14.2. The predicted molar refractivity (Wildman–Crippen MR) is 86.2 cm³/mol. The third kappa shape index (κ3) is 3.46. The van der Waals surface area contributed by atoms with Crippen LogP contribution >= 0.6 is 0 Å². The van der Waals surface area contributed by atoms with Crippen LogP contribution in [0, 0.1) is 0 Å². The van der Waals surface area contributed by atoms with Crippen LogP contribution in [0.25, 0.3) is 0 Å². The fraction of sp³-hybridized carbons (Fsp3) is 0.389. The second-order valence-corrected chi connectivity index (χ2v) is 6.46. The van der Waals surface area contributed by atoms with Gasteiger partial charge in [0.15, 0.2) is 6.29 Å². The van der Waals surface area contributed by atoms with Crippen LogP contribution in [0.4, 0.5) is 5.69 Å². The summed E-state index contributed by atoms with van der Waals surface area (Å²) in [6.45, 7) is 6.13. The second kappa shape index (κ2) is 6.07. The lowest BCUT2D eigenvalue weighted by molar-refractivity contribution is -0.176. The number of aromatic nitrogens is 1. The van der Waals surface area contributed by atoms with E-state index in [9.17, 15) is 0 Å². The SMILES string of the molecule is CC(C)(C)O[C@@H]1C[C@@H](c2cccnc2)N(c2ccccc2)O1. The Morgan fingerprint density at radius 1 is 1.14 bits per heavy atom. The molecule has 1 aromatic carbocycles. The number of anilines is 1. The summed E-state index contributed by atoms with van der Waals surface area (Å²) >= 11 is 0. The maximum Gasteiger partial charge on any atom is 0.186 e. The lowest BCUT2D eigenvalue weighted by Gasteiger charge is -2.26. The summed E-state index contributed by atoms with van der Waals surface area (Å²) in [4.78, 5) is 10.3. The van der Waals surface area contributed by atoms with Crippen LogP contribution in [0.2, 0.25) is 0 Å². The Morgan fingerprint density at radius 2 is 1.91 bits per heavy atom. The maximum absolute atomic E-state index is 6.07. The molecular weight excluding hydrogens is 276 g/mol. The van der Waals surface area contributed by atoms with Gasteiger partial charge in [0.1, 0.15) is 0 Å². The number of hydrogen-bond donors (Lipinski definition) is 0. The highest BCUT2D eigenvalue weighted by Crippen LogP contribution is 2.39. The first kappa shape index (κ1) is 15.0. The summed E-state index contributed by atoms with van der Waals surface area (Å²) in [5.41, 5.74) is 1.92. The lowest BCUT2D eigenvalue weighted by Crippen LogP contribution is -2.28. The zero-order valence-corrected chi connectivity index (χ0v) is 13.3. The Kier molecular flexibility index (Phi) is 4.14. The summed E-state index contributed by atoms with van der Waals surface area (Å²) in [5.74, 6) is 0. The fourth-order valence-electron chi connectivity index (χ4n) is 2.65. The van der Waals surface area contributed by atoms with Gasteiger partial charge in [-0.1, -0.05) is 24.3 Å². The van der Waals surface area contributed by atoms with Gasteiger partial charge < -0.3 is 4.74 Å². The van der Waals surface area contributed by atoms with Crippen LogP contribution in [0.3, 0.4) is 0 Å². The van der Waals surface area contributed by atoms with Crippen LogP contribution in [-0.2, 0) is 9.57 Å². The Balaban J connectivity index is 1.87. The smallest absolute Gasteiger partial charge is 0.186 e. The maximum atomic E-state index is 6.07. The van der Waals surface area contributed by atoms with Gasteiger partial charge in [0, 0.05) is 18.8 Å². The molecule has 0 radical (unpaired) electrons. The van der Waals surface area contributed by atoms with Crippen molar-refractivity contribution < 1.29 is 9.57 Å². The van der Waals surface area contributed by atoms with Crippen molar-refractivity contribution in [3.8, 4) is 0 Å². The van der Waals surface area contributed by atoms with Gasteiger partial charge in [-0.05, 0) is 44.5 Å². The lowest BCUT2D eigenvalue weighted by atomic mass is 10.1. The van der Waals surface area contributed by atoms with E-state index in [1.165, 1.54) is 0 Å². The molecule has 2 heterocycles. The van der Waals surface area contributed by atoms with E-state index in [4.69, 9.17) is 9.57 Å². The number of benzene rings is 1. The van der Waals surface area contributed by atoms with Crippen molar-refractivity contribution in [3.63, 3.8) is 0 Å². The van der Waals surface area contributed by atoms with E-state index in [0.29, 0.717) is 0 Å². The van der Waals surface area contributed by atoms with Crippen LogP contribution < -0.4 is 5.06 Å². The Hall–Kier alpha value is -1.91. The molecule has 1 fully saturated rings. The third-order valence-corrected chi connectivity index (χ3v) is 3.49. The normalized spacial score (nSPS) is 22.0. The van der Waals surface area contributed by atoms with E-state index in [2.05, 4.69) is 11.1 Å². The van der Waals surface area contributed by atoms with Crippen molar-refractivity contribution in [1.82, 2.24) is 4.98 Å². The first-order valence-electron chi connectivity index (χ1n) is 7.62. The van der Waals surface area contributed by atoms with Crippen molar-refractivity contribution in [2.24, 2.45) is 0 Å². The molecule has 0 bridgehead atoms. The predicted octanol–water partition coefficient (Wildman–Crippen LogP) is 4.11. The quantitative estimate of drug-likeness (QED) is 0.854. The second-order valence-electron chi connectivity index (χ2n) is 6.46. The van der Waals surface area contributed by atoms with E-state index >= 15 is 0 Å². The van der Waals surface area contributed by atoms with E-state index in [1.807, 2.05) is 68.4 Å². The summed E-state index contributed by atoms with van der Waals surface area (Å²) in [6.07, 6.45) is 4.20. The molecule has 3 rings (SSSR count). The molecule has 0 amide bonds. The molecule has 0 spiro atoms. The first-order valence-corrected chi connectivity index (χ1v) is 7.62. The van der Waals surface area contributed by atoms with Gasteiger partial charge in [0.2, 0.25) is 0 Å². The standard InChI is InChI=1S/C18H22N2O2/c1-18(2,3)21-17-12-16(14-8-7-11-19-13-14)20(22-17)15-9-5-4-6-10-15/h4-11,13,16-17H,12H2,1-3H3/t16-,17-/m0/s1. The Labute approximate surface area is 131 Å². The zero-order valence-electron chi connectivity index (χ0n) is 13.3. The molecule has 1 aromatic heterocycles. The molecule has 116 valence electrons. The van der Waals surface area contributed by atoms with Crippen LogP contribution in [0.15, 0.2) is 54.9 Å². The molecule has 0 aliphatic carbocycles. The number of hydroxylamine groups is 1. The van der Waals surface area contributed by atoms with Crippen LogP contribution in [0.1, 0.15) is 38.8 Å². The number of rotatable bonds is 3. The minimum Gasteiger partial charge on any atom is -0.344 e. The van der Waals surface area contributed by atoms with E-state index in [1.54, 1.807) is 6.20 Å². The number of pyridine rings is 1. The minimum atomic E-state index is -0.259. The average molecular weight is 298 g/mol. The molecule has 0 N–H and O–H groups in total. The van der Waals surface area contributed by atoms with E-state index in [0.717, 1.165) is 17.7 Å². The molecule has 1 aliphatic heterocycles. The van der Waals surface area contributed by atoms with Gasteiger partial charge >= 0.3 is 0 Å². The van der Waals surface area contributed by atoms with Gasteiger partial charge in [0.05, 0.1) is 17.3 Å². The number of nitrogens with zero attached hydrogens (tertiary/aromatic N) is 2. The largest absolute Gasteiger partial charge is 0.344 e. The first-order chi connectivity index (χ1) is 10.5. The van der Waals surface area contributed by atoms with E-state index < -0.39 is 0 Å². The van der Waals surface area contributed by atoms with Gasteiger partial charge in [-0.3, -0.25) is 4.98 Å². The van der Waals surface area contributed by atoms with Crippen LogP contribution in [-0.4, -0.2) is 16.9 Å². The van der Waals surface area contributed by atoms with Gasteiger partial charge in [-0.2, -0.15) is 0 Å². The minimum absolute atomic E-state index is 0.100. The number of ether oxygens (including phenoxy) is 1. The summed E-state index contributed by atoms with van der Waals surface area (Å²) < 4.78 is 6.02. The average Bonchev–Trinajstić information content (AvgIpc) is 2.91. The molecule has 22 heavy (non-hydrogen) atoms. The molecule has 4 heteroatoms. The topological polar surface area (TPSA) is 34.6 Å². The molecule has 0 unspecified atom stereocenters. The third-order valence-electron chi connectivity index (χ3n) is 3.49. The van der Waals surface area contributed by atoms with Crippen molar-refractivity contribution in [1.29, 1.82) is 0 Å². The van der Waals surface area contributed by atoms with Crippen molar-refractivity contribution in [2.45, 2.75) is 45.1 Å². The van der Waals surface area contributed by atoms with Crippen molar-refractivity contribution in [3.05, 3.63) is 60.4 Å². The van der Waals surface area contributed by atoms with Gasteiger partial charge in [0.25, 0.3) is 0 Å². The molecule has 2 aromatic rings. The molecule has 0 saturated carbocycles. The van der Waals surface area contributed by atoms with Gasteiger partial charge in [-0.25, -0.2) is 9.90 Å². The Bertz CT molecular complexity index is 548. The van der Waals surface area contributed by atoms with Gasteiger partial charge in [-0.15, -0.1) is 0 Å². The summed E-state index contributed by atoms with van der Waals surface area (Å²) in [7, 11) is 0. The fourth-order valence-corrected chi connectivity index (χ4v) is 2.65. The summed E-state index contributed by atoms with van der Waals surface area (Å²) in [5, 5.41) is 1.94. The highest BCUT2D eigenvalue weighted by Gasteiger charge is 2.37.